The molecule has 0 saturated carbocycles. The lowest BCUT2D eigenvalue weighted by atomic mass is 10.1. The van der Waals surface area contributed by atoms with Gasteiger partial charge in [-0.2, -0.15) is 61.5 Å². The zero-order valence-corrected chi connectivity index (χ0v) is 20.7. The maximum Gasteiger partial charge on any atom is 0.414 e. The molecule has 2 amide bonds. The molecule has 2 aromatic carbocycles. The first kappa shape index (κ1) is 36.3. The Morgan fingerprint density at radius 2 is 0.886 bits per heavy atom. The van der Waals surface area contributed by atoms with Crippen molar-refractivity contribution in [1.29, 1.82) is 0 Å². The summed E-state index contributed by atoms with van der Waals surface area (Å²) in [5.41, 5.74) is -1.22. The highest BCUT2D eigenvalue weighted by molar-refractivity contribution is 6.07. The number of benzene rings is 2. The third-order valence-electron chi connectivity index (χ3n) is 5.48. The minimum absolute atomic E-state index is 0.338. The molecule has 0 unspecified atom stereocenters. The molecule has 0 saturated heterocycles. The number of rotatable bonds is 12. The normalized spacial score (nSPS) is 15.0. The van der Waals surface area contributed by atoms with Gasteiger partial charge in [0.2, 0.25) is 0 Å². The van der Waals surface area contributed by atoms with Gasteiger partial charge in [-0.1, -0.05) is 24.3 Å². The second-order valence-corrected chi connectivity index (χ2v) is 8.47. The lowest BCUT2D eigenvalue weighted by molar-refractivity contribution is -0.348. The molecule has 2 N–H and O–H groups in total. The van der Waals surface area contributed by atoms with Gasteiger partial charge in [-0.15, -0.1) is 0 Å². The number of ether oxygens (including phenoxy) is 2. The molecule has 0 spiro atoms. The first-order chi connectivity index (χ1) is 19.9. The minimum atomic E-state index is -6.68. The fourth-order valence-electron chi connectivity index (χ4n) is 3.08. The van der Waals surface area contributed by atoms with Crippen LogP contribution in [0.15, 0.2) is 36.4 Å². The first-order valence-corrected chi connectivity index (χ1v) is 11.0. The number of hydrogen-bond acceptors (Lipinski definition) is 4. The number of alkyl halides is 16. The van der Waals surface area contributed by atoms with Crippen molar-refractivity contribution < 1.29 is 89.3 Å². The highest BCUT2D eigenvalue weighted by atomic mass is 19.4. The van der Waals surface area contributed by atoms with Crippen LogP contribution in [0.25, 0.3) is 10.8 Å². The van der Waals surface area contributed by atoms with Crippen LogP contribution in [0.1, 0.15) is 0 Å². The summed E-state index contributed by atoms with van der Waals surface area (Å²) in [7, 11) is 0. The number of nitrogens with one attached hydrogen (secondary N) is 2. The molecule has 2 aromatic rings. The van der Waals surface area contributed by atoms with Crippen LogP contribution in [0.2, 0.25) is 0 Å². The van der Waals surface area contributed by atoms with E-state index in [-0.39, 0.29) is 10.8 Å². The van der Waals surface area contributed by atoms with Crippen molar-refractivity contribution >= 4 is 34.3 Å². The quantitative estimate of drug-likeness (QED) is 0.222. The number of hydrogen-bond donors (Lipinski definition) is 2. The molecule has 0 bridgehead atoms. The molecule has 0 aromatic heterocycles. The number of carbonyl (C=O) groups is 2. The summed E-state index contributed by atoms with van der Waals surface area (Å²) in [6.07, 6.45) is -14.2. The predicted molar refractivity (Wildman–Crippen MR) is 116 cm³/mol. The van der Waals surface area contributed by atoms with Crippen molar-refractivity contribution in [2.45, 2.75) is 48.3 Å². The molecular weight excluding hydrogens is 660 g/mol. The molecule has 0 aliphatic rings. The Bertz CT molecular complexity index is 1260. The summed E-state index contributed by atoms with van der Waals surface area (Å²) in [5.74, 6) is -38.5. The Balaban J connectivity index is 2.24. The second-order valence-electron chi connectivity index (χ2n) is 8.47. The van der Waals surface area contributed by atoms with E-state index in [1.54, 1.807) is 0 Å². The van der Waals surface area contributed by atoms with Gasteiger partial charge in [-0.05, 0) is 12.1 Å². The number of fused-ring (bicyclic) bond motifs is 1. The molecule has 22 heteroatoms. The second kappa shape index (κ2) is 12.3. The number of amides is 2. The van der Waals surface area contributed by atoms with Gasteiger partial charge in [-0.25, -0.2) is 18.4 Å². The average Bonchev–Trinajstić information content (AvgIpc) is 2.92. The SMILES string of the molecule is O=C(Nc1cccc2c(NC(=O)O[C@@H](F)C(F)(F)C(F)(F)C(F)(F)CF)cccc12)O[C@@H](F)C(F)(F)C(F)(F)C(F)(F)CF. The largest absolute Gasteiger partial charge is 0.414 e. The highest BCUT2D eigenvalue weighted by Crippen LogP contribution is 2.50. The van der Waals surface area contributed by atoms with E-state index in [2.05, 4.69) is 9.47 Å². The maximum atomic E-state index is 13.7. The Morgan fingerprint density at radius 1 is 0.591 bits per heavy atom. The van der Waals surface area contributed by atoms with E-state index < -0.39 is 85.2 Å². The van der Waals surface area contributed by atoms with Crippen LogP contribution >= 0.6 is 0 Å². The minimum Gasteiger partial charge on any atom is -0.408 e. The van der Waals surface area contributed by atoms with Crippen LogP contribution < -0.4 is 10.6 Å². The standard InChI is InChI=1S/C22H14F16N2O4/c23-7-17(27,28)21(35,36)19(31,32)13(25)43-15(41)39-11-5-1-3-9-10(11)4-2-6-12(9)40-16(42)44-14(26)20(33,34)22(37,38)18(29,30)8-24/h1-6,13-14H,7-8H2,(H,39,41)(H,40,42)/t13-,14-/m1/s1. The van der Waals surface area contributed by atoms with E-state index in [4.69, 9.17) is 0 Å². The fraction of sp³-hybridized carbons (Fsp3) is 0.455. The molecule has 44 heavy (non-hydrogen) atoms. The molecule has 0 fully saturated rings. The van der Waals surface area contributed by atoms with E-state index in [0.717, 1.165) is 36.4 Å². The van der Waals surface area contributed by atoms with Crippen molar-refractivity contribution in [3.05, 3.63) is 36.4 Å². The third kappa shape index (κ3) is 6.47. The lowest BCUT2D eigenvalue weighted by Crippen LogP contribution is -2.60. The Labute approximate surface area is 233 Å². The van der Waals surface area contributed by atoms with Crippen molar-refractivity contribution in [1.82, 2.24) is 0 Å². The van der Waals surface area contributed by atoms with E-state index >= 15 is 0 Å². The summed E-state index contributed by atoms with van der Waals surface area (Å²) in [4.78, 5) is 23.7. The molecule has 2 atom stereocenters. The van der Waals surface area contributed by atoms with Gasteiger partial charge in [0.15, 0.2) is 13.3 Å². The monoisotopic (exact) mass is 674 g/mol. The van der Waals surface area contributed by atoms with Crippen LogP contribution in [0.4, 0.5) is 91.2 Å². The summed E-state index contributed by atoms with van der Waals surface area (Å²) in [5, 5.41) is 2.39. The zero-order valence-electron chi connectivity index (χ0n) is 20.7. The fourth-order valence-corrected chi connectivity index (χ4v) is 3.08. The molecular formula is C22H14F16N2O4. The smallest absolute Gasteiger partial charge is 0.408 e. The summed E-state index contributed by atoms with van der Waals surface area (Å²) in [6.45, 7) is -6.69. The van der Waals surface area contributed by atoms with Crippen LogP contribution in [0.3, 0.4) is 0 Å². The van der Waals surface area contributed by atoms with Crippen LogP contribution in [-0.2, 0) is 9.47 Å². The third-order valence-corrected chi connectivity index (χ3v) is 5.48. The molecule has 0 radical (unpaired) electrons. The van der Waals surface area contributed by atoms with Crippen molar-refractivity contribution in [2.24, 2.45) is 0 Å². The maximum absolute atomic E-state index is 13.7. The van der Waals surface area contributed by atoms with E-state index in [9.17, 15) is 79.8 Å². The number of carbonyl (C=O) groups excluding carboxylic acids is 2. The molecule has 0 heterocycles. The van der Waals surface area contributed by atoms with Gasteiger partial charge in [0.25, 0.3) is 0 Å². The number of anilines is 2. The van der Waals surface area contributed by atoms with Gasteiger partial charge < -0.3 is 9.47 Å². The Hall–Kier alpha value is -3.88. The molecule has 0 aliphatic heterocycles. The van der Waals surface area contributed by atoms with Crippen LogP contribution in [-0.4, -0.2) is 73.8 Å². The van der Waals surface area contributed by atoms with Crippen molar-refractivity contribution in [3.63, 3.8) is 0 Å². The van der Waals surface area contributed by atoms with Gasteiger partial charge in [-0.3, -0.25) is 10.6 Å². The first-order valence-electron chi connectivity index (χ1n) is 11.0. The molecule has 2 rings (SSSR count). The van der Waals surface area contributed by atoms with Crippen LogP contribution in [0, 0.1) is 0 Å². The van der Waals surface area contributed by atoms with Gasteiger partial charge in [0, 0.05) is 10.8 Å². The van der Waals surface area contributed by atoms with Gasteiger partial charge in [0.05, 0.1) is 11.4 Å². The van der Waals surface area contributed by atoms with E-state index in [0.29, 0.717) is 0 Å². The van der Waals surface area contributed by atoms with Crippen LogP contribution in [0.5, 0.6) is 0 Å². The Morgan fingerprint density at radius 3 is 1.16 bits per heavy atom. The molecule has 6 nitrogen and oxygen atoms in total. The molecule has 248 valence electrons. The van der Waals surface area contributed by atoms with Gasteiger partial charge in [0.1, 0.15) is 0 Å². The van der Waals surface area contributed by atoms with E-state index in [1.165, 1.54) is 10.6 Å². The molecule has 0 aliphatic carbocycles. The zero-order chi connectivity index (χ0) is 34.1. The average molecular weight is 674 g/mol. The van der Waals surface area contributed by atoms with E-state index in [1.807, 2.05) is 0 Å². The lowest BCUT2D eigenvalue weighted by Gasteiger charge is -2.32. The summed E-state index contributed by atoms with van der Waals surface area (Å²) in [6, 6.07) is 5.63. The Kier molecular flexibility index (Phi) is 10.1. The van der Waals surface area contributed by atoms with Crippen molar-refractivity contribution in [2.75, 3.05) is 24.0 Å². The summed E-state index contributed by atoms with van der Waals surface area (Å²) < 4.78 is 218. The number of halogens is 16. The van der Waals surface area contributed by atoms with Crippen molar-refractivity contribution in [3.8, 4) is 0 Å². The van der Waals surface area contributed by atoms with Gasteiger partial charge >= 0.3 is 60.4 Å². The predicted octanol–water partition coefficient (Wildman–Crippen LogP) is 8.28. The summed E-state index contributed by atoms with van der Waals surface area (Å²) >= 11 is 0. The highest BCUT2D eigenvalue weighted by Gasteiger charge is 2.77. The topological polar surface area (TPSA) is 76.7 Å².